The number of nitrogens with zero attached hydrogens (tertiary/aromatic N) is 1. The number of hydrogen-bond donors (Lipinski definition) is 3. The first-order chi connectivity index (χ1) is 7.66. The Kier molecular flexibility index (Phi) is 3.24. The molecule has 0 spiro atoms. The summed E-state index contributed by atoms with van der Waals surface area (Å²) in [6, 6.07) is -0.850. The van der Waals surface area contributed by atoms with Gasteiger partial charge in [-0.2, -0.15) is 0 Å². The maximum atomic E-state index is 10.6. The summed E-state index contributed by atoms with van der Waals surface area (Å²) in [5.74, 6) is 0.539. The Morgan fingerprint density at radius 2 is 2.31 bits per heavy atom. The van der Waals surface area contributed by atoms with Crippen molar-refractivity contribution in [3.8, 4) is 0 Å². The molecule has 5 nitrogen and oxygen atoms in total. The van der Waals surface area contributed by atoms with Crippen LogP contribution in [0.4, 0.5) is 0 Å². The molecule has 1 aromatic rings. The van der Waals surface area contributed by atoms with Crippen molar-refractivity contribution in [2.45, 2.75) is 44.1 Å². The molecule has 4 N–H and O–H groups in total. The number of nitrogens with two attached hydrogens (primary N) is 1. The molecule has 0 amide bonds. The van der Waals surface area contributed by atoms with Crippen LogP contribution >= 0.6 is 0 Å². The number of imidazole rings is 1. The van der Waals surface area contributed by atoms with E-state index >= 15 is 0 Å². The molecule has 88 valence electrons. The molecule has 0 unspecified atom stereocenters. The van der Waals surface area contributed by atoms with E-state index in [-0.39, 0.29) is 0 Å². The standard InChI is InChI=1S/C11H17N3O2/c12-9(11(15)16)5-8-6-13-10(14-8)7-3-1-2-4-7/h6-7,9H,1-5,12H2,(H,13,14)(H,15,16)/t9-/m0/s1. The molecular weight excluding hydrogens is 206 g/mol. The van der Waals surface area contributed by atoms with Gasteiger partial charge in [-0.15, -0.1) is 0 Å². The lowest BCUT2D eigenvalue weighted by atomic mass is 10.1. The zero-order chi connectivity index (χ0) is 11.5. The summed E-state index contributed by atoms with van der Waals surface area (Å²) >= 11 is 0. The van der Waals surface area contributed by atoms with Crippen molar-refractivity contribution in [1.82, 2.24) is 9.97 Å². The summed E-state index contributed by atoms with van der Waals surface area (Å²) in [7, 11) is 0. The smallest absolute Gasteiger partial charge is 0.320 e. The highest BCUT2D eigenvalue weighted by molar-refractivity contribution is 5.73. The number of hydrogen-bond acceptors (Lipinski definition) is 3. The zero-order valence-electron chi connectivity index (χ0n) is 9.15. The van der Waals surface area contributed by atoms with E-state index in [4.69, 9.17) is 10.8 Å². The van der Waals surface area contributed by atoms with Gasteiger partial charge in [0.15, 0.2) is 0 Å². The number of rotatable bonds is 4. The summed E-state index contributed by atoms with van der Waals surface area (Å²) in [4.78, 5) is 18.1. The largest absolute Gasteiger partial charge is 0.480 e. The van der Waals surface area contributed by atoms with Crippen LogP contribution in [0, 0.1) is 0 Å². The summed E-state index contributed by atoms with van der Waals surface area (Å²) in [5, 5.41) is 8.70. The van der Waals surface area contributed by atoms with Gasteiger partial charge in [0.1, 0.15) is 11.9 Å². The second-order valence-electron chi connectivity index (χ2n) is 4.42. The minimum atomic E-state index is -0.975. The van der Waals surface area contributed by atoms with E-state index in [9.17, 15) is 4.79 Å². The molecule has 1 aliphatic rings. The quantitative estimate of drug-likeness (QED) is 0.710. The van der Waals surface area contributed by atoms with Crippen LogP contribution in [0.1, 0.15) is 43.1 Å². The third kappa shape index (κ3) is 2.41. The number of H-pyrrole nitrogens is 1. The van der Waals surface area contributed by atoms with E-state index in [2.05, 4.69) is 9.97 Å². The molecule has 0 aliphatic heterocycles. The number of carboxylic acid groups (broad SMARTS) is 1. The lowest BCUT2D eigenvalue weighted by Gasteiger charge is -2.05. The van der Waals surface area contributed by atoms with Gasteiger partial charge in [-0.05, 0) is 12.8 Å². The number of aromatic amines is 1. The molecule has 16 heavy (non-hydrogen) atoms. The Hall–Kier alpha value is -1.36. The maximum Gasteiger partial charge on any atom is 0.320 e. The van der Waals surface area contributed by atoms with E-state index < -0.39 is 12.0 Å². The summed E-state index contributed by atoms with van der Waals surface area (Å²) in [5.41, 5.74) is 6.28. The van der Waals surface area contributed by atoms with Crippen molar-refractivity contribution in [3.63, 3.8) is 0 Å². The Bertz CT molecular complexity index is 369. The SMILES string of the molecule is N[C@@H](Cc1cnc(C2CCCC2)[nH]1)C(=O)O. The van der Waals surface area contributed by atoms with Crippen molar-refractivity contribution in [3.05, 3.63) is 17.7 Å². The van der Waals surface area contributed by atoms with Crippen LogP contribution in [-0.4, -0.2) is 27.1 Å². The van der Waals surface area contributed by atoms with Crippen molar-refractivity contribution in [1.29, 1.82) is 0 Å². The van der Waals surface area contributed by atoms with Crippen LogP contribution in [0.2, 0.25) is 0 Å². The predicted octanol–water partition coefficient (Wildman–Crippen LogP) is 1.02. The van der Waals surface area contributed by atoms with Gasteiger partial charge in [-0.25, -0.2) is 4.98 Å². The predicted molar refractivity (Wildman–Crippen MR) is 59.1 cm³/mol. The molecule has 0 bridgehead atoms. The van der Waals surface area contributed by atoms with Crippen molar-refractivity contribution >= 4 is 5.97 Å². The molecule has 1 atom stereocenters. The second kappa shape index (κ2) is 4.65. The van der Waals surface area contributed by atoms with Gasteiger partial charge < -0.3 is 15.8 Å². The Balaban J connectivity index is 1.99. The first-order valence-electron chi connectivity index (χ1n) is 5.69. The number of carbonyl (C=O) groups is 1. The van der Waals surface area contributed by atoms with E-state index in [1.54, 1.807) is 6.20 Å². The molecular formula is C11H17N3O2. The van der Waals surface area contributed by atoms with Crippen LogP contribution in [0.5, 0.6) is 0 Å². The van der Waals surface area contributed by atoms with Gasteiger partial charge in [0.25, 0.3) is 0 Å². The molecule has 1 aliphatic carbocycles. The number of carboxylic acids is 1. The van der Waals surface area contributed by atoms with E-state index in [0.29, 0.717) is 12.3 Å². The number of aromatic nitrogens is 2. The van der Waals surface area contributed by atoms with Gasteiger partial charge in [-0.3, -0.25) is 4.79 Å². The van der Waals surface area contributed by atoms with E-state index in [1.807, 2.05) is 0 Å². The molecule has 1 saturated carbocycles. The molecule has 1 heterocycles. The highest BCUT2D eigenvalue weighted by atomic mass is 16.4. The third-order valence-corrected chi connectivity index (χ3v) is 3.15. The maximum absolute atomic E-state index is 10.6. The van der Waals surface area contributed by atoms with Crippen LogP contribution in [0.25, 0.3) is 0 Å². The van der Waals surface area contributed by atoms with Crippen molar-refractivity contribution in [2.24, 2.45) is 5.73 Å². The van der Waals surface area contributed by atoms with Crippen LogP contribution < -0.4 is 5.73 Å². The summed E-state index contributed by atoms with van der Waals surface area (Å²) in [6.45, 7) is 0. The fourth-order valence-electron chi connectivity index (χ4n) is 2.21. The van der Waals surface area contributed by atoms with Crippen LogP contribution in [0.3, 0.4) is 0 Å². The van der Waals surface area contributed by atoms with Crippen molar-refractivity contribution < 1.29 is 9.90 Å². The lowest BCUT2D eigenvalue weighted by molar-refractivity contribution is -0.138. The summed E-state index contributed by atoms with van der Waals surface area (Å²) in [6.07, 6.45) is 6.89. The Morgan fingerprint density at radius 3 is 2.94 bits per heavy atom. The van der Waals surface area contributed by atoms with Gasteiger partial charge in [0, 0.05) is 24.2 Å². The zero-order valence-corrected chi connectivity index (χ0v) is 9.15. The van der Waals surface area contributed by atoms with Gasteiger partial charge >= 0.3 is 5.97 Å². The minimum Gasteiger partial charge on any atom is -0.480 e. The van der Waals surface area contributed by atoms with E-state index in [1.165, 1.54) is 25.7 Å². The van der Waals surface area contributed by atoms with Crippen LogP contribution in [-0.2, 0) is 11.2 Å². The number of nitrogens with one attached hydrogen (secondary N) is 1. The lowest BCUT2D eigenvalue weighted by Crippen LogP contribution is -2.32. The fourth-order valence-corrected chi connectivity index (χ4v) is 2.21. The molecule has 0 radical (unpaired) electrons. The molecule has 1 fully saturated rings. The molecule has 1 aromatic heterocycles. The second-order valence-corrected chi connectivity index (χ2v) is 4.42. The Labute approximate surface area is 94.1 Å². The highest BCUT2D eigenvalue weighted by Gasteiger charge is 2.20. The molecule has 5 heteroatoms. The monoisotopic (exact) mass is 223 g/mol. The van der Waals surface area contributed by atoms with E-state index in [0.717, 1.165) is 11.5 Å². The normalized spacial score (nSPS) is 18.8. The highest BCUT2D eigenvalue weighted by Crippen LogP contribution is 2.32. The number of aliphatic carboxylic acids is 1. The van der Waals surface area contributed by atoms with Crippen molar-refractivity contribution in [2.75, 3.05) is 0 Å². The van der Waals surface area contributed by atoms with Gasteiger partial charge in [0.2, 0.25) is 0 Å². The summed E-state index contributed by atoms with van der Waals surface area (Å²) < 4.78 is 0. The first-order valence-corrected chi connectivity index (χ1v) is 5.69. The fraction of sp³-hybridized carbons (Fsp3) is 0.636. The minimum absolute atomic E-state index is 0.315. The average Bonchev–Trinajstić information content (AvgIpc) is 2.85. The Morgan fingerprint density at radius 1 is 1.62 bits per heavy atom. The molecule has 2 rings (SSSR count). The molecule has 0 saturated heterocycles. The topological polar surface area (TPSA) is 92.0 Å². The van der Waals surface area contributed by atoms with Gasteiger partial charge in [-0.1, -0.05) is 12.8 Å². The van der Waals surface area contributed by atoms with Crippen LogP contribution in [0.15, 0.2) is 6.20 Å². The molecule has 0 aromatic carbocycles. The average molecular weight is 223 g/mol. The van der Waals surface area contributed by atoms with Gasteiger partial charge in [0.05, 0.1) is 0 Å². The first kappa shape index (κ1) is 11.1. The third-order valence-electron chi connectivity index (χ3n) is 3.15.